The molecule has 0 aromatic carbocycles. The summed E-state index contributed by atoms with van der Waals surface area (Å²) in [4.78, 5) is 4.35. The molecule has 0 aliphatic heterocycles. The van der Waals surface area contributed by atoms with Gasteiger partial charge < -0.3 is 10.8 Å². The molecule has 3 N–H and O–H groups in total. The van der Waals surface area contributed by atoms with Gasteiger partial charge in [0.25, 0.3) is 0 Å². The van der Waals surface area contributed by atoms with E-state index < -0.39 is 5.60 Å². The molecule has 1 aliphatic carbocycles. The minimum atomic E-state index is -0.761. The normalized spacial score (nSPS) is 33.2. The van der Waals surface area contributed by atoms with E-state index in [0.29, 0.717) is 6.42 Å². The fraction of sp³-hybridized carbons (Fsp3) is 0.700. The highest BCUT2D eigenvalue weighted by Crippen LogP contribution is 2.36. The largest absolute Gasteiger partial charge is 0.383 e. The Morgan fingerprint density at radius 2 is 2.50 bits per heavy atom. The molecule has 0 radical (unpaired) electrons. The number of aromatic nitrogens is 1. The lowest BCUT2D eigenvalue weighted by molar-refractivity contribution is -0.0106. The molecule has 2 rings (SSSR count). The van der Waals surface area contributed by atoms with Crippen LogP contribution in [0.15, 0.2) is 5.38 Å². The first kappa shape index (κ1) is 10.1. The summed E-state index contributed by atoms with van der Waals surface area (Å²) < 4.78 is 0. The minimum Gasteiger partial charge on any atom is -0.383 e. The van der Waals surface area contributed by atoms with E-state index in [4.69, 9.17) is 5.73 Å². The quantitative estimate of drug-likeness (QED) is 0.742. The molecule has 0 spiro atoms. The van der Waals surface area contributed by atoms with Gasteiger partial charge in [-0.2, -0.15) is 0 Å². The van der Waals surface area contributed by atoms with E-state index in [9.17, 15) is 5.11 Å². The van der Waals surface area contributed by atoms with Gasteiger partial charge in [0.15, 0.2) is 0 Å². The van der Waals surface area contributed by atoms with E-state index in [1.165, 1.54) is 0 Å². The number of hydrogen-bond donors (Lipinski definition) is 2. The molecule has 0 amide bonds. The van der Waals surface area contributed by atoms with Gasteiger partial charge in [-0.15, -0.1) is 11.3 Å². The second-order valence-corrected chi connectivity index (χ2v) is 5.20. The number of nitrogens with zero attached hydrogens (tertiary/aromatic N) is 1. The molecule has 1 fully saturated rings. The number of thiazole rings is 1. The van der Waals surface area contributed by atoms with E-state index in [0.717, 1.165) is 30.0 Å². The van der Waals surface area contributed by atoms with E-state index in [-0.39, 0.29) is 6.04 Å². The molecule has 3 nitrogen and oxygen atoms in total. The molecular formula is C10H16N2OS. The lowest BCUT2D eigenvalue weighted by atomic mass is 9.80. The van der Waals surface area contributed by atoms with Crippen molar-refractivity contribution in [1.29, 1.82) is 0 Å². The maximum absolute atomic E-state index is 10.4. The van der Waals surface area contributed by atoms with Crippen molar-refractivity contribution in [2.24, 2.45) is 5.73 Å². The first-order valence-corrected chi connectivity index (χ1v) is 5.89. The second-order valence-electron chi connectivity index (χ2n) is 4.14. The van der Waals surface area contributed by atoms with Gasteiger partial charge in [0.2, 0.25) is 0 Å². The summed E-state index contributed by atoms with van der Waals surface area (Å²) in [6, 6.07) is 0.121. The van der Waals surface area contributed by atoms with E-state index in [1.54, 1.807) is 11.3 Å². The van der Waals surface area contributed by atoms with Crippen LogP contribution >= 0.6 is 11.3 Å². The highest BCUT2D eigenvalue weighted by atomic mass is 32.1. The molecule has 1 heterocycles. The number of rotatable bonds is 1. The molecule has 78 valence electrons. The van der Waals surface area contributed by atoms with Crippen LogP contribution in [0, 0.1) is 6.92 Å². The molecule has 1 saturated carbocycles. The third-order valence-electron chi connectivity index (χ3n) is 2.86. The summed E-state index contributed by atoms with van der Waals surface area (Å²) in [5.74, 6) is 0. The van der Waals surface area contributed by atoms with Gasteiger partial charge >= 0.3 is 0 Å². The predicted octanol–water partition coefficient (Wildman–Crippen LogP) is 1.54. The smallest absolute Gasteiger partial charge is 0.109 e. The maximum atomic E-state index is 10.4. The summed E-state index contributed by atoms with van der Waals surface area (Å²) in [5, 5.41) is 13.3. The monoisotopic (exact) mass is 212 g/mol. The molecule has 2 atom stereocenters. The predicted molar refractivity (Wildman–Crippen MR) is 57.2 cm³/mol. The molecule has 0 bridgehead atoms. The zero-order valence-corrected chi connectivity index (χ0v) is 9.18. The third-order valence-corrected chi connectivity index (χ3v) is 3.63. The Hall–Kier alpha value is -0.450. The van der Waals surface area contributed by atoms with Crippen molar-refractivity contribution in [1.82, 2.24) is 4.98 Å². The van der Waals surface area contributed by atoms with Crippen LogP contribution in [0.3, 0.4) is 0 Å². The Morgan fingerprint density at radius 1 is 1.71 bits per heavy atom. The van der Waals surface area contributed by atoms with Crippen molar-refractivity contribution in [3.63, 3.8) is 0 Å². The van der Waals surface area contributed by atoms with Crippen molar-refractivity contribution in [3.8, 4) is 0 Å². The van der Waals surface area contributed by atoms with Crippen LogP contribution < -0.4 is 5.73 Å². The van der Waals surface area contributed by atoms with Crippen LogP contribution in [0.1, 0.15) is 36.4 Å². The fourth-order valence-electron chi connectivity index (χ4n) is 2.10. The Labute approximate surface area is 88.0 Å². The Balaban J connectivity index is 2.22. The van der Waals surface area contributed by atoms with Crippen LogP contribution in [0.25, 0.3) is 0 Å². The average molecular weight is 212 g/mol. The molecule has 14 heavy (non-hydrogen) atoms. The minimum absolute atomic E-state index is 0.121. The van der Waals surface area contributed by atoms with Crippen LogP contribution in [0.5, 0.6) is 0 Å². The van der Waals surface area contributed by atoms with Gasteiger partial charge in [0.1, 0.15) is 5.60 Å². The van der Waals surface area contributed by atoms with Gasteiger partial charge in [-0.25, -0.2) is 4.98 Å². The SMILES string of the molecule is Cc1nc(C2(O)CCCC(N)C2)cs1. The highest BCUT2D eigenvalue weighted by molar-refractivity contribution is 7.09. The lowest BCUT2D eigenvalue weighted by Gasteiger charge is -2.34. The van der Waals surface area contributed by atoms with Gasteiger partial charge in [-0.1, -0.05) is 0 Å². The summed E-state index contributed by atoms with van der Waals surface area (Å²) in [6.07, 6.45) is 3.46. The zero-order valence-electron chi connectivity index (χ0n) is 8.36. The van der Waals surface area contributed by atoms with Gasteiger partial charge in [-0.3, -0.25) is 0 Å². The first-order valence-electron chi connectivity index (χ1n) is 5.01. The van der Waals surface area contributed by atoms with E-state index in [2.05, 4.69) is 4.98 Å². The number of aryl methyl sites for hydroxylation is 1. The van der Waals surface area contributed by atoms with Crippen LogP contribution in [0.2, 0.25) is 0 Å². The summed E-state index contributed by atoms with van der Waals surface area (Å²) in [7, 11) is 0. The summed E-state index contributed by atoms with van der Waals surface area (Å²) >= 11 is 1.59. The van der Waals surface area contributed by atoms with Gasteiger partial charge in [-0.05, 0) is 32.6 Å². The molecule has 1 aliphatic rings. The first-order chi connectivity index (χ1) is 6.60. The topological polar surface area (TPSA) is 59.1 Å². The van der Waals surface area contributed by atoms with Gasteiger partial charge in [0, 0.05) is 11.4 Å². The van der Waals surface area contributed by atoms with Crippen molar-refractivity contribution in [3.05, 3.63) is 16.1 Å². The fourth-order valence-corrected chi connectivity index (χ4v) is 2.81. The molecule has 1 aromatic rings. The Kier molecular flexibility index (Phi) is 2.60. The Bertz CT molecular complexity index is 326. The highest BCUT2D eigenvalue weighted by Gasteiger charge is 2.36. The maximum Gasteiger partial charge on any atom is 0.109 e. The summed E-state index contributed by atoms with van der Waals surface area (Å²) in [6.45, 7) is 1.96. The van der Waals surface area contributed by atoms with Crippen LogP contribution in [-0.4, -0.2) is 16.1 Å². The molecular weight excluding hydrogens is 196 g/mol. The Morgan fingerprint density at radius 3 is 3.07 bits per heavy atom. The number of hydrogen-bond acceptors (Lipinski definition) is 4. The van der Waals surface area contributed by atoms with Crippen molar-refractivity contribution in [2.45, 2.75) is 44.2 Å². The van der Waals surface area contributed by atoms with Crippen molar-refractivity contribution >= 4 is 11.3 Å². The standard InChI is InChI=1S/C10H16N2OS/c1-7-12-9(6-14-7)10(13)4-2-3-8(11)5-10/h6,8,13H,2-5,11H2,1H3. The number of aliphatic hydroxyl groups is 1. The molecule has 4 heteroatoms. The van der Waals surface area contributed by atoms with Crippen LogP contribution in [-0.2, 0) is 5.60 Å². The zero-order chi connectivity index (χ0) is 10.2. The van der Waals surface area contributed by atoms with Crippen molar-refractivity contribution in [2.75, 3.05) is 0 Å². The average Bonchev–Trinajstić information content (AvgIpc) is 2.52. The van der Waals surface area contributed by atoms with Crippen LogP contribution in [0.4, 0.5) is 0 Å². The van der Waals surface area contributed by atoms with E-state index in [1.807, 2.05) is 12.3 Å². The molecule has 0 saturated heterocycles. The lowest BCUT2D eigenvalue weighted by Crippen LogP contribution is -2.39. The van der Waals surface area contributed by atoms with Crippen molar-refractivity contribution < 1.29 is 5.11 Å². The molecule has 2 unspecified atom stereocenters. The second kappa shape index (κ2) is 3.61. The van der Waals surface area contributed by atoms with E-state index >= 15 is 0 Å². The summed E-state index contributed by atoms with van der Waals surface area (Å²) in [5.41, 5.74) is 5.92. The molecule has 1 aromatic heterocycles. The van der Waals surface area contributed by atoms with Gasteiger partial charge in [0.05, 0.1) is 10.7 Å². The third kappa shape index (κ3) is 1.82. The number of nitrogens with two attached hydrogens (primary N) is 1.